The van der Waals surface area contributed by atoms with Gasteiger partial charge in [0.25, 0.3) is 5.56 Å². The number of nitrogens with zero attached hydrogens (tertiary/aromatic N) is 4. The van der Waals surface area contributed by atoms with E-state index >= 15 is 0 Å². The molecule has 40 heavy (non-hydrogen) atoms. The van der Waals surface area contributed by atoms with Gasteiger partial charge in [-0.3, -0.25) is 9.36 Å². The van der Waals surface area contributed by atoms with Gasteiger partial charge in [0, 0.05) is 48.2 Å². The number of hydrogen-bond acceptors (Lipinski definition) is 9. The first kappa shape index (κ1) is 28.2. The molecule has 4 aromatic rings. The summed E-state index contributed by atoms with van der Waals surface area (Å²) in [6, 6.07) is 16.3. The molecule has 0 bridgehead atoms. The van der Waals surface area contributed by atoms with Crippen LogP contribution in [0.5, 0.6) is 5.75 Å². The summed E-state index contributed by atoms with van der Waals surface area (Å²) < 4.78 is 44.3. The van der Waals surface area contributed by atoms with E-state index in [4.69, 9.17) is 25.1 Å². The van der Waals surface area contributed by atoms with Crippen LogP contribution in [0.1, 0.15) is 0 Å². The molecule has 0 atom stereocenters. The summed E-state index contributed by atoms with van der Waals surface area (Å²) in [6.45, 7) is 3.10. The van der Waals surface area contributed by atoms with Crippen LogP contribution in [-0.4, -0.2) is 65.2 Å². The fourth-order valence-corrected chi connectivity index (χ4v) is 3.91. The van der Waals surface area contributed by atoms with Gasteiger partial charge in [-0.25, -0.2) is 9.78 Å². The summed E-state index contributed by atoms with van der Waals surface area (Å²) in [5, 5.41) is 11.1. The van der Waals surface area contributed by atoms with Gasteiger partial charge in [-0.2, -0.15) is 18.2 Å². The lowest BCUT2D eigenvalue weighted by Crippen LogP contribution is -2.36. The molecule has 11 nitrogen and oxygen atoms in total. The van der Waals surface area contributed by atoms with E-state index in [1.165, 1.54) is 10.6 Å². The van der Waals surface area contributed by atoms with E-state index in [2.05, 4.69) is 20.2 Å². The molecule has 1 aliphatic heterocycles. The lowest BCUT2D eigenvalue weighted by molar-refractivity contribution is -0.192. The maximum atomic E-state index is 12.7. The molecule has 5 rings (SSSR count). The quantitative estimate of drug-likeness (QED) is 0.311. The first-order valence-corrected chi connectivity index (χ1v) is 11.9. The number of nitrogen functional groups attached to an aromatic ring is 1. The molecule has 14 heteroatoms. The molecule has 4 N–H and O–H groups in total. The number of aromatic nitrogens is 3. The lowest BCUT2D eigenvalue weighted by atomic mass is 10.2. The number of rotatable bonds is 5. The number of methoxy groups -OCH3 is 1. The highest BCUT2D eigenvalue weighted by Crippen LogP contribution is 2.32. The number of hydrogen-bond donors (Lipinski definition) is 3. The van der Waals surface area contributed by atoms with Crippen molar-refractivity contribution in [2.75, 3.05) is 49.4 Å². The Morgan fingerprint density at radius 2 is 1.82 bits per heavy atom. The van der Waals surface area contributed by atoms with Crippen LogP contribution < -0.4 is 26.2 Å². The minimum Gasteiger partial charge on any atom is -0.494 e. The molecule has 210 valence electrons. The SMILES string of the molecule is COc1cc(N2CCOCC2)ccc1Nc1ncc2ccc(=O)n(-c3cccc(N)c3)c2n1.O=C(O)C(F)(F)F. The first-order valence-electron chi connectivity index (χ1n) is 11.9. The molecular formula is C26H25F3N6O5. The Balaban J connectivity index is 0.000000470. The Morgan fingerprint density at radius 1 is 1.10 bits per heavy atom. The van der Waals surface area contributed by atoms with Crippen molar-refractivity contribution in [2.24, 2.45) is 0 Å². The highest BCUT2D eigenvalue weighted by molar-refractivity contribution is 5.78. The first-order chi connectivity index (χ1) is 19.1. The van der Waals surface area contributed by atoms with Crippen LogP contribution >= 0.6 is 0 Å². The molecule has 2 aromatic heterocycles. The number of fused-ring (bicyclic) bond motifs is 1. The molecule has 0 aliphatic carbocycles. The fraction of sp³-hybridized carbons (Fsp3) is 0.231. The predicted molar refractivity (Wildman–Crippen MR) is 143 cm³/mol. The van der Waals surface area contributed by atoms with E-state index in [0.717, 1.165) is 29.9 Å². The number of morpholine rings is 1. The van der Waals surface area contributed by atoms with E-state index in [0.29, 0.717) is 41.9 Å². The highest BCUT2D eigenvalue weighted by Gasteiger charge is 2.38. The minimum atomic E-state index is -5.08. The average Bonchev–Trinajstić information content (AvgIpc) is 2.93. The number of pyridine rings is 1. The number of nitrogens with two attached hydrogens (primary N) is 1. The van der Waals surface area contributed by atoms with Crippen LogP contribution in [0.2, 0.25) is 0 Å². The number of ether oxygens (including phenoxy) is 2. The molecular weight excluding hydrogens is 533 g/mol. The van der Waals surface area contributed by atoms with Crippen molar-refractivity contribution in [3.05, 3.63) is 71.1 Å². The van der Waals surface area contributed by atoms with Gasteiger partial charge < -0.3 is 30.5 Å². The van der Waals surface area contributed by atoms with Crippen molar-refractivity contribution >= 4 is 40.0 Å². The second kappa shape index (κ2) is 11.9. The molecule has 0 radical (unpaired) electrons. The van der Waals surface area contributed by atoms with Crippen molar-refractivity contribution in [2.45, 2.75) is 6.18 Å². The summed E-state index contributed by atoms with van der Waals surface area (Å²) in [6.07, 6.45) is -3.40. The Labute approximate surface area is 225 Å². The normalized spacial score (nSPS) is 13.3. The van der Waals surface area contributed by atoms with Crippen LogP contribution in [-0.2, 0) is 9.53 Å². The standard InChI is InChI=1S/C24H24N6O3.C2HF3O2/c1-32-21-14-18(29-9-11-33-12-10-29)6-7-20(21)27-24-26-15-16-5-8-22(31)30(23(16)28-24)19-4-2-3-17(25)13-19;3-2(4,5)1(6)7/h2-8,13-15H,9-12,25H2,1H3,(H,26,27,28);(H,6,7). The van der Waals surface area contributed by atoms with E-state index < -0.39 is 12.1 Å². The van der Waals surface area contributed by atoms with Crippen molar-refractivity contribution in [1.29, 1.82) is 0 Å². The van der Waals surface area contributed by atoms with E-state index in [-0.39, 0.29) is 5.56 Å². The van der Waals surface area contributed by atoms with Crippen LogP contribution in [0, 0.1) is 0 Å². The number of anilines is 4. The molecule has 3 heterocycles. The molecule has 1 aliphatic rings. The third kappa shape index (κ3) is 6.58. The molecule has 0 amide bonds. The topological polar surface area (TPSA) is 145 Å². The summed E-state index contributed by atoms with van der Waals surface area (Å²) >= 11 is 0. The monoisotopic (exact) mass is 558 g/mol. The van der Waals surface area contributed by atoms with Gasteiger partial charge in [-0.15, -0.1) is 0 Å². The summed E-state index contributed by atoms with van der Waals surface area (Å²) in [7, 11) is 1.63. The maximum absolute atomic E-state index is 12.7. The summed E-state index contributed by atoms with van der Waals surface area (Å²) in [5.41, 5.74) is 9.21. The Bertz CT molecular complexity index is 1570. The smallest absolute Gasteiger partial charge is 0.490 e. The molecule has 1 fully saturated rings. The van der Waals surface area contributed by atoms with Crippen LogP contribution in [0.3, 0.4) is 0 Å². The highest BCUT2D eigenvalue weighted by atomic mass is 19.4. The van der Waals surface area contributed by atoms with E-state index in [1.807, 2.05) is 24.3 Å². The van der Waals surface area contributed by atoms with Gasteiger partial charge in [0.2, 0.25) is 5.95 Å². The number of halogens is 3. The predicted octanol–water partition coefficient (Wildman–Crippen LogP) is 3.59. The average molecular weight is 559 g/mol. The third-order valence-corrected chi connectivity index (χ3v) is 5.81. The number of aliphatic carboxylic acids is 1. The second-order valence-electron chi connectivity index (χ2n) is 8.49. The largest absolute Gasteiger partial charge is 0.494 e. The van der Waals surface area contributed by atoms with Gasteiger partial charge in [0.15, 0.2) is 5.65 Å². The van der Waals surface area contributed by atoms with Gasteiger partial charge >= 0.3 is 12.1 Å². The lowest BCUT2D eigenvalue weighted by Gasteiger charge is -2.29. The van der Waals surface area contributed by atoms with Gasteiger partial charge in [0.05, 0.1) is 31.7 Å². The number of carboxylic acids is 1. The zero-order chi connectivity index (χ0) is 28.9. The number of benzene rings is 2. The van der Waals surface area contributed by atoms with E-state index in [9.17, 15) is 18.0 Å². The van der Waals surface area contributed by atoms with Crippen LogP contribution in [0.25, 0.3) is 16.7 Å². The number of nitrogens with one attached hydrogen (secondary N) is 1. The number of carbonyl (C=O) groups is 1. The number of alkyl halides is 3. The van der Waals surface area contributed by atoms with Crippen molar-refractivity contribution in [3.8, 4) is 11.4 Å². The van der Waals surface area contributed by atoms with Gasteiger partial charge in [0.1, 0.15) is 5.75 Å². The van der Waals surface area contributed by atoms with Gasteiger partial charge in [-0.05, 0) is 36.4 Å². The van der Waals surface area contributed by atoms with Gasteiger partial charge in [-0.1, -0.05) is 6.07 Å². The van der Waals surface area contributed by atoms with E-state index in [1.54, 1.807) is 37.6 Å². The minimum absolute atomic E-state index is 0.204. The molecule has 1 saturated heterocycles. The molecule has 2 aromatic carbocycles. The van der Waals surface area contributed by atoms with Crippen molar-refractivity contribution < 1.29 is 32.5 Å². The maximum Gasteiger partial charge on any atom is 0.490 e. The Kier molecular flexibility index (Phi) is 8.38. The van der Waals surface area contributed by atoms with Crippen LogP contribution in [0.4, 0.5) is 36.2 Å². The molecule has 0 saturated carbocycles. The molecule has 0 spiro atoms. The Hall–Kier alpha value is -4.85. The zero-order valence-electron chi connectivity index (χ0n) is 21.2. The summed E-state index contributed by atoms with van der Waals surface area (Å²) in [4.78, 5) is 32.9. The van der Waals surface area contributed by atoms with Crippen molar-refractivity contribution in [3.63, 3.8) is 0 Å². The fourth-order valence-electron chi connectivity index (χ4n) is 3.91. The number of carboxylic acid groups (broad SMARTS) is 1. The second-order valence-corrected chi connectivity index (χ2v) is 8.49. The van der Waals surface area contributed by atoms with Crippen molar-refractivity contribution in [1.82, 2.24) is 14.5 Å². The van der Waals surface area contributed by atoms with Crippen LogP contribution in [0.15, 0.2) is 65.6 Å². The zero-order valence-corrected chi connectivity index (χ0v) is 21.2. The summed E-state index contributed by atoms with van der Waals surface area (Å²) in [5.74, 6) is -1.74. The Morgan fingerprint density at radius 3 is 2.48 bits per heavy atom. The molecule has 0 unspecified atom stereocenters. The third-order valence-electron chi connectivity index (χ3n) is 5.81.